The van der Waals surface area contributed by atoms with Crippen LogP contribution in [0.1, 0.15) is 67.0 Å². The second-order valence-electron chi connectivity index (χ2n) is 8.43. The van der Waals surface area contributed by atoms with Crippen LogP contribution in [0.5, 0.6) is 0 Å². The van der Waals surface area contributed by atoms with Crippen LogP contribution >= 0.6 is 0 Å². The Bertz CT molecular complexity index is 1060. The van der Waals surface area contributed by atoms with Crippen LogP contribution in [0.4, 0.5) is 0 Å². The minimum Gasteiger partial charge on any atom is -0.356 e. The molecule has 31 heavy (non-hydrogen) atoms. The van der Waals surface area contributed by atoms with E-state index in [0.717, 1.165) is 67.0 Å². The Labute approximate surface area is 183 Å². The van der Waals surface area contributed by atoms with Gasteiger partial charge in [0.2, 0.25) is 5.91 Å². The minimum atomic E-state index is -0.0786. The number of hydrogen-bond donors (Lipinski definition) is 0. The summed E-state index contributed by atoms with van der Waals surface area (Å²) in [5.41, 5.74) is 4.75. The van der Waals surface area contributed by atoms with E-state index in [4.69, 9.17) is 9.51 Å². The Kier molecular flexibility index (Phi) is 6.44. The van der Waals surface area contributed by atoms with Crippen LogP contribution in [-0.4, -0.2) is 32.5 Å². The number of benzene rings is 1. The molecule has 1 aromatic carbocycles. The fraction of sp³-hybridized carbons (Fsp3) is 0.440. The number of carbonyl (C=O) groups is 1. The van der Waals surface area contributed by atoms with Crippen molar-refractivity contribution in [2.24, 2.45) is 0 Å². The van der Waals surface area contributed by atoms with Crippen molar-refractivity contribution >= 4 is 5.91 Å². The molecule has 1 saturated heterocycles. The quantitative estimate of drug-likeness (QED) is 0.563. The lowest BCUT2D eigenvalue weighted by atomic mass is 9.94. The Balaban J connectivity index is 1.69. The van der Waals surface area contributed by atoms with Gasteiger partial charge in [0.1, 0.15) is 5.82 Å². The Morgan fingerprint density at radius 1 is 1.23 bits per heavy atom. The summed E-state index contributed by atoms with van der Waals surface area (Å²) in [5, 5.41) is 4.05. The molecule has 0 saturated carbocycles. The number of aromatic nitrogens is 3. The largest absolute Gasteiger partial charge is 0.356 e. The summed E-state index contributed by atoms with van der Waals surface area (Å²) in [6.45, 7) is 6.82. The summed E-state index contributed by atoms with van der Waals surface area (Å²) in [6, 6.07) is 10.0. The van der Waals surface area contributed by atoms with Gasteiger partial charge in [-0.3, -0.25) is 4.79 Å². The van der Waals surface area contributed by atoms with Gasteiger partial charge in [0.15, 0.2) is 5.76 Å². The monoisotopic (exact) mass is 418 g/mol. The molecule has 1 atom stereocenters. The number of aryl methyl sites for hydroxylation is 3. The molecule has 6 heteroatoms. The third-order valence-electron chi connectivity index (χ3n) is 5.81. The molecule has 1 aliphatic heterocycles. The Hall–Kier alpha value is -3.02. The summed E-state index contributed by atoms with van der Waals surface area (Å²) in [4.78, 5) is 24.9. The van der Waals surface area contributed by atoms with E-state index >= 15 is 0 Å². The lowest BCUT2D eigenvalue weighted by Gasteiger charge is -2.36. The van der Waals surface area contributed by atoms with Gasteiger partial charge in [0.05, 0.1) is 29.4 Å². The van der Waals surface area contributed by atoms with E-state index < -0.39 is 0 Å². The maximum absolute atomic E-state index is 13.4. The molecule has 1 amide bonds. The van der Waals surface area contributed by atoms with E-state index in [0.29, 0.717) is 12.2 Å². The summed E-state index contributed by atoms with van der Waals surface area (Å²) < 4.78 is 5.55. The fourth-order valence-electron chi connectivity index (χ4n) is 4.32. The summed E-state index contributed by atoms with van der Waals surface area (Å²) >= 11 is 0. The molecule has 0 unspecified atom stereocenters. The van der Waals surface area contributed by atoms with Crippen LogP contribution in [0.3, 0.4) is 0 Å². The van der Waals surface area contributed by atoms with Crippen molar-refractivity contribution in [2.45, 2.75) is 65.3 Å². The second-order valence-corrected chi connectivity index (χ2v) is 8.43. The maximum atomic E-state index is 13.4. The maximum Gasteiger partial charge on any atom is 0.227 e. The van der Waals surface area contributed by atoms with Crippen molar-refractivity contribution in [3.63, 3.8) is 0 Å². The highest BCUT2D eigenvalue weighted by atomic mass is 16.5. The molecule has 3 heterocycles. The summed E-state index contributed by atoms with van der Waals surface area (Å²) in [7, 11) is 0. The molecule has 3 aromatic rings. The van der Waals surface area contributed by atoms with Crippen molar-refractivity contribution in [1.82, 2.24) is 20.0 Å². The first-order valence-electron chi connectivity index (χ1n) is 11.2. The standard InChI is InChI=1S/C25H30N4O2/c1-4-8-23-26-16-20(22-14-18(3)28-31-22)25(27-23)21-11-5-6-12-29(21)24(30)15-19-10-7-9-17(2)13-19/h7,9-10,13-14,16,21H,4-6,8,11-12,15H2,1-3H3/t21-/m0/s1. The van der Waals surface area contributed by atoms with E-state index in [1.165, 1.54) is 5.56 Å². The summed E-state index contributed by atoms with van der Waals surface area (Å²) in [5.74, 6) is 1.62. The van der Waals surface area contributed by atoms with Crippen LogP contribution < -0.4 is 0 Å². The zero-order valence-corrected chi connectivity index (χ0v) is 18.6. The van der Waals surface area contributed by atoms with Crippen molar-refractivity contribution < 1.29 is 9.32 Å². The van der Waals surface area contributed by atoms with Crippen molar-refractivity contribution in [2.75, 3.05) is 6.54 Å². The van der Waals surface area contributed by atoms with Gasteiger partial charge >= 0.3 is 0 Å². The van der Waals surface area contributed by atoms with Crippen molar-refractivity contribution in [3.05, 3.63) is 64.9 Å². The molecule has 0 bridgehead atoms. The third kappa shape index (κ3) is 4.84. The third-order valence-corrected chi connectivity index (χ3v) is 5.81. The Morgan fingerprint density at radius 3 is 2.84 bits per heavy atom. The van der Waals surface area contributed by atoms with Gasteiger partial charge in [-0.2, -0.15) is 0 Å². The topological polar surface area (TPSA) is 72.1 Å². The average Bonchev–Trinajstić information content (AvgIpc) is 3.20. The Morgan fingerprint density at radius 2 is 2.10 bits per heavy atom. The SMILES string of the molecule is CCCc1ncc(-c2cc(C)no2)c([C@@H]2CCCCN2C(=O)Cc2cccc(C)c2)n1. The van der Waals surface area contributed by atoms with E-state index in [1.807, 2.05) is 36.2 Å². The highest BCUT2D eigenvalue weighted by molar-refractivity contribution is 5.79. The molecule has 1 fully saturated rings. The molecule has 4 rings (SSSR count). The molecule has 0 N–H and O–H groups in total. The lowest BCUT2D eigenvalue weighted by Crippen LogP contribution is -2.40. The molecular weight excluding hydrogens is 388 g/mol. The van der Waals surface area contributed by atoms with E-state index in [9.17, 15) is 4.79 Å². The molecular formula is C25H30N4O2. The smallest absolute Gasteiger partial charge is 0.227 e. The highest BCUT2D eigenvalue weighted by Crippen LogP contribution is 2.36. The van der Waals surface area contributed by atoms with Gasteiger partial charge in [0, 0.05) is 25.2 Å². The van der Waals surface area contributed by atoms with Crippen molar-refractivity contribution in [1.29, 1.82) is 0 Å². The number of likely N-dealkylation sites (tertiary alicyclic amines) is 1. The van der Waals surface area contributed by atoms with E-state index in [-0.39, 0.29) is 11.9 Å². The van der Waals surface area contributed by atoms with Crippen LogP contribution in [0.15, 0.2) is 41.1 Å². The predicted octanol–water partition coefficient (Wildman–Crippen LogP) is 5.00. The number of piperidine rings is 1. The van der Waals surface area contributed by atoms with Crippen LogP contribution in [0.25, 0.3) is 11.3 Å². The average molecular weight is 419 g/mol. The molecule has 0 aliphatic carbocycles. The molecule has 2 aromatic heterocycles. The number of hydrogen-bond acceptors (Lipinski definition) is 5. The fourth-order valence-corrected chi connectivity index (χ4v) is 4.32. The van der Waals surface area contributed by atoms with E-state index in [1.54, 1.807) is 0 Å². The predicted molar refractivity (Wildman–Crippen MR) is 119 cm³/mol. The summed E-state index contributed by atoms with van der Waals surface area (Å²) in [6.07, 6.45) is 7.00. The number of carbonyl (C=O) groups excluding carboxylic acids is 1. The first kappa shape index (κ1) is 21.2. The van der Waals surface area contributed by atoms with E-state index in [2.05, 4.69) is 36.1 Å². The number of nitrogens with zero attached hydrogens (tertiary/aromatic N) is 4. The molecule has 6 nitrogen and oxygen atoms in total. The van der Waals surface area contributed by atoms with Crippen LogP contribution in [0, 0.1) is 13.8 Å². The first-order chi connectivity index (χ1) is 15.0. The molecule has 0 radical (unpaired) electrons. The van der Waals surface area contributed by atoms with Gasteiger partial charge < -0.3 is 9.42 Å². The minimum absolute atomic E-state index is 0.0786. The van der Waals surface area contributed by atoms with Gasteiger partial charge in [-0.1, -0.05) is 41.9 Å². The van der Waals surface area contributed by atoms with Crippen LogP contribution in [0.2, 0.25) is 0 Å². The lowest BCUT2D eigenvalue weighted by molar-refractivity contribution is -0.134. The van der Waals surface area contributed by atoms with Gasteiger partial charge in [0.25, 0.3) is 0 Å². The van der Waals surface area contributed by atoms with Crippen LogP contribution in [-0.2, 0) is 17.6 Å². The van der Waals surface area contributed by atoms with Crippen molar-refractivity contribution in [3.8, 4) is 11.3 Å². The molecule has 162 valence electrons. The second kappa shape index (κ2) is 9.41. The highest BCUT2D eigenvalue weighted by Gasteiger charge is 2.32. The molecule has 0 spiro atoms. The zero-order valence-electron chi connectivity index (χ0n) is 18.6. The molecule has 1 aliphatic rings. The number of rotatable bonds is 6. The zero-order chi connectivity index (χ0) is 21.8. The van der Waals surface area contributed by atoms with Gasteiger partial charge in [-0.15, -0.1) is 0 Å². The number of amides is 1. The first-order valence-corrected chi connectivity index (χ1v) is 11.2. The normalized spacial score (nSPS) is 16.5. The van der Waals surface area contributed by atoms with Gasteiger partial charge in [-0.05, 0) is 45.1 Å². The van der Waals surface area contributed by atoms with Gasteiger partial charge in [-0.25, -0.2) is 9.97 Å².